The second-order valence-corrected chi connectivity index (χ2v) is 34.0. The van der Waals surface area contributed by atoms with Crippen LogP contribution in [-0.2, 0) is 45.7 Å². The van der Waals surface area contributed by atoms with Crippen LogP contribution in [0.2, 0.25) is 0 Å². The van der Waals surface area contributed by atoms with E-state index >= 15 is 0 Å². The number of aromatic nitrogens is 6. The van der Waals surface area contributed by atoms with Gasteiger partial charge in [-0.2, -0.15) is 64.8 Å². The maximum atomic E-state index is 12.6. The molecule has 3 saturated carbocycles. The van der Waals surface area contributed by atoms with Gasteiger partial charge < -0.3 is 25.2 Å². The fourth-order valence-corrected chi connectivity index (χ4v) is 15.4. The summed E-state index contributed by atoms with van der Waals surface area (Å²) in [4.78, 5) is 24.2. The number of alkyl halides is 9. The highest BCUT2D eigenvalue weighted by molar-refractivity contribution is 7.94. The highest BCUT2D eigenvalue weighted by Gasteiger charge is 2.49. The molecule has 7 atom stereocenters. The number of fused-ring (bicyclic) bond motifs is 3. The molecule has 0 spiro atoms. The summed E-state index contributed by atoms with van der Waals surface area (Å²) in [6.07, 6.45) is 2.92. The van der Waals surface area contributed by atoms with Crippen molar-refractivity contribution in [2.75, 3.05) is 25.1 Å². The molecule has 0 aliphatic heterocycles. The van der Waals surface area contributed by atoms with E-state index in [0.29, 0.717) is 5.69 Å². The van der Waals surface area contributed by atoms with Gasteiger partial charge in [0.2, 0.25) is 10.0 Å². The number of sulfonamides is 4. The second-order valence-electron chi connectivity index (χ2n) is 27.2. The number of para-hydroxylation sites is 1. The molecule has 20 nitrogen and oxygen atoms in total. The zero-order valence-electron chi connectivity index (χ0n) is 57.3. The lowest BCUT2D eigenvalue weighted by Crippen LogP contribution is -2.29. The molecule has 15 rings (SSSR count). The van der Waals surface area contributed by atoms with Gasteiger partial charge in [0.1, 0.15) is 17.5 Å². The molecule has 3 aliphatic carbocycles. The minimum atomic E-state index is -5.47. The number of hydrogen-bond donors (Lipinski definition) is 9. The summed E-state index contributed by atoms with van der Waals surface area (Å²) in [6.45, 7) is 5.24. The van der Waals surface area contributed by atoms with Crippen molar-refractivity contribution in [3.05, 3.63) is 245 Å². The van der Waals surface area contributed by atoms with E-state index < -0.39 is 68.3 Å². The zero-order chi connectivity index (χ0) is 77.4. The summed E-state index contributed by atoms with van der Waals surface area (Å²) in [7, 11) is -19.8. The quantitative estimate of drug-likeness (QED) is 0.0341. The number of benzene rings is 9. The number of aromatic amines is 3. The normalized spacial score (nSPS) is 18.5. The Kier molecular flexibility index (Phi) is 19.9. The van der Waals surface area contributed by atoms with Gasteiger partial charge in [-0.15, -0.1) is 0 Å². The number of H-pyrrole nitrogens is 3. The monoisotopic (exact) mass is 1570 g/mol. The molecule has 0 radical (unpaired) electrons. The molecule has 564 valence electrons. The summed E-state index contributed by atoms with van der Waals surface area (Å²) in [5.41, 5.74) is -2.53. The summed E-state index contributed by atoms with van der Waals surface area (Å²) in [5, 5.41) is 20.7. The molecule has 0 bridgehead atoms. The molecule has 33 heteroatoms. The lowest BCUT2D eigenvalue weighted by Gasteiger charge is -2.21. The summed E-state index contributed by atoms with van der Waals surface area (Å²) in [6, 6.07) is 57.6. The fraction of sp³-hybridized carbons (Fsp3) is 0.240. The van der Waals surface area contributed by atoms with Gasteiger partial charge in [-0.1, -0.05) is 121 Å². The smallest absolute Gasteiger partial charge is 0.389 e. The molecule has 7 unspecified atom stereocenters. The third-order valence-corrected chi connectivity index (χ3v) is 22.7. The van der Waals surface area contributed by atoms with E-state index in [1.807, 2.05) is 115 Å². The maximum absolute atomic E-state index is 12.6. The van der Waals surface area contributed by atoms with E-state index in [2.05, 4.69) is 24.7 Å². The summed E-state index contributed by atoms with van der Waals surface area (Å²) < 4.78 is 212. The highest BCUT2D eigenvalue weighted by Crippen LogP contribution is 2.57. The molecule has 9 N–H and O–H groups in total. The van der Waals surface area contributed by atoms with Crippen molar-refractivity contribution in [2.45, 2.75) is 104 Å². The van der Waals surface area contributed by atoms with E-state index in [9.17, 15) is 83.4 Å². The largest absolute Gasteiger partial charge is 0.516 e. The van der Waals surface area contributed by atoms with Gasteiger partial charge in [0.05, 0.1) is 56.7 Å². The molecule has 3 fully saturated rings. The van der Waals surface area contributed by atoms with Gasteiger partial charge in [-0.05, 0) is 192 Å². The van der Waals surface area contributed by atoms with Crippen LogP contribution >= 0.6 is 0 Å². The van der Waals surface area contributed by atoms with E-state index in [0.717, 1.165) is 137 Å². The van der Waals surface area contributed by atoms with Gasteiger partial charge in [0.25, 0.3) is 0 Å². The first-order chi connectivity index (χ1) is 50.7. The Labute approximate surface area is 613 Å². The molecular weight excluding hydrogens is 1500 g/mol. The first-order valence-corrected chi connectivity index (χ1v) is 39.7. The Morgan fingerprint density at radius 1 is 0.407 bits per heavy atom. The van der Waals surface area contributed by atoms with Crippen LogP contribution < -0.4 is 18.9 Å². The molecule has 0 amide bonds. The number of nitrogens with zero attached hydrogens (tertiary/aromatic N) is 3. The molecule has 12 aromatic rings. The molecule has 9 aromatic carbocycles. The van der Waals surface area contributed by atoms with Crippen LogP contribution in [-0.4, -0.2) is 96.6 Å². The van der Waals surface area contributed by atoms with E-state index in [1.54, 1.807) is 78.7 Å². The highest BCUT2D eigenvalue weighted by atomic mass is 32.2. The Morgan fingerprint density at radius 2 is 0.722 bits per heavy atom. The minimum Gasteiger partial charge on any atom is -0.389 e. The van der Waals surface area contributed by atoms with Gasteiger partial charge in [-0.25, -0.2) is 23.4 Å². The van der Waals surface area contributed by atoms with Crippen molar-refractivity contribution in [2.24, 2.45) is 0 Å². The molecule has 108 heavy (non-hydrogen) atoms. The van der Waals surface area contributed by atoms with Gasteiger partial charge >= 0.3 is 46.6 Å². The van der Waals surface area contributed by atoms with Crippen LogP contribution in [0.25, 0.3) is 66.5 Å². The Balaban J connectivity index is 0.000000143. The topological polar surface area (TPSA) is 311 Å². The number of halogens is 9. The predicted octanol–water partition coefficient (Wildman–Crippen LogP) is 16.9. The average Bonchev–Trinajstić information content (AvgIpc) is 1.35. The van der Waals surface area contributed by atoms with Crippen LogP contribution in [0.4, 0.5) is 62.3 Å². The van der Waals surface area contributed by atoms with Crippen LogP contribution in [0.15, 0.2) is 200 Å². The van der Waals surface area contributed by atoms with Crippen molar-refractivity contribution < 1.29 is 83.4 Å². The van der Waals surface area contributed by atoms with Crippen LogP contribution in [0.5, 0.6) is 0 Å². The molecular formula is C75H67F9N10O10S4. The lowest BCUT2D eigenvalue weighted by atomic mass is 9.89. The molecule has 3 heterocycles. The number of aliphatic hydroxyl groups is 2. The van der Waals surface area contributed by atoms with Crippen LogP contribution in [0, 0.1) is 0 Å². The van der Waals surface area contributed by atoms with E-state index in [1.165, 1.54) is 41.1 Å². The van der Waals surface area contributed by atoms with Crippen molar-refractivity contribution in [1.82, 2.24) is 29.9 Å². The Bertz CT molecular complexity index is 5870. The average molecular weight is 1570 g/mol. The number of nitrogens with one attached hydrogen (secondary N) is 7. The molecule has 3 aromatic heterocycles. The van der Waals surface area contributed by atoms with Crippen molar-refractivity contribution in [3.8, 4) is 33.4 Å². The van der Waals surface area contributed by atoms with E-state index in [-0.39, 0.29) is 52.6 Å². The zero-order valence-corrected chi connectivity index (χ0v) is 60.5. The number of rotatable bonds is 19. The van der Waals surface area contributed by atoms with E-state index in [4.69, 9.17) is 9.97 Å². The van der Waals surface area contributed by atoms with Gasteiger partial charge in [0.15, 0.2) is 0 Å². The first-order valence-electron chi connectivity index (χ1n) is 33.4. The first kappa shape index (κ1) is 75.9. The van der Waals surface area contributed by atoms with Gasteiger partial charge in [-0.3, -0.25) is 18.9 Å². The van der Waals surface area contributed by atoms with Crippen molar-refractivity contribution >= 4 is 95.9 Å². The SMILES string of the molecule is CC(C)(O)c1ccccc1-c1ccc2nc(C3CC3c3ccc(NS(=O)(=O)C(F)(F)F)cc3)[nH]c2c1.CC(O)c1ccccc1-c1ccc2nc(C3CC3c3ccc(NS(=O)(=O)C(F)(F)F)cc3)[nH]c2c1.CS(=O)(=O)Nc1ccccc1-c1ccc2nc(C3CC3c3ccc(NS(=O)(=O)C(F)(F)F)cc3)[nH]c2c1. The summed E-state index contributed by atoms with van der Waals surface area (Å²) >= 11 is 0. The van der Waals surface area contributed by atoms with Crippen LogP contribution in [0.1, 0.15) is 127 Å². The number of anilines is 4. The predicted molar refractivity (Wildman–Crippen MR) is 394 cm³/mol. The van der Waals surface area contributed by atoms with Crippen LogP contribution in [0.3, 0.4) is 0 Å². The van der Waals surface area contributed by atoms with Gasteiger partial charge in [0, 0.05) is 40.4 Å². The molecule has 3 aliphatic rings. The van der Waals surface area contributed by atoms with Crippen molar-refractivity contribution in [1.29, 1.82) is 0 Å². The number of aliphatic hydroxyl groups excluding tert-OH is 1. The summed E-state index contributed by atoms with van der Waals surface area (Å²) in [5.74, 6) is 3.11. The number of imidazole rings is 3. The second kappa shape index (κ2) is 28.4. The third-order valence-electron chi connectivity index (χ3n) is 18.8. The Hall–Kier alpha value is -10.3. The molecule has 0 saturated heterocycles. The van der Waals surface area contributed by atoms with Crippen molar-refractivity contribution in [3.63, 3.8) is 0 Å². The lowest BCUT2D eigenvalue weighted by molar-refractivity contribution is -0.0435. The third kappa shape index (κ3) is 16.7. The number of hydrogen-bond acceptors (Lipinski definition) is 13. The standard InChI is InChI=1S/C26H24F3N3O3S.C25H22F3N3O3S.C24H21F3N4O4S2/c1-25(2,33)21-6-4-3-5-18(21)16-9-12-22-23(13-16)31-24(30-22)20-14-19(20)15-7-10-17(11-8-15)32-36(34,35)26(27,28)29;1-14(32)18-4-2-3-5-19(18)16-8-11-22-23(12-16)30-24(29-22)21-13-20(21)15-6-9-17(10-7-15)31-35(33,34)25(26,27)28;1-36(32,33)31-20-5-3-2-4-17(20)15-8-11-21-22(12-15)29-23(28-21)19-13-18(19)14-6-9-16(10-7-14)30-37(34,35)24(25,26)27/h3-13,19-20,32-33H,14H2,1-2H3,(H,30,31);2-12,14,20-21,31-32H,13H2,1H3,(H,29,30);2-12,18-19,30-31H,13H2,1H3,(H,28,29). The fourth-order valence-electron chi connectivity index (χ4n) is 13.2. The minimum absolute atomic E-state index is 0.0766. The maximum Gasteiger partial charge on any atom is 0.516 e. The Morgan fingerprint density at radius 3 is 1.06 bits per heavy atom.